The van der Waals surface area contributed by atoms with E-state index in [0.29, 0.717) is 42.0 Å². The molecule has 25 heavy (non-hydrogen) atoms. The lowest BCUT2D eigenvalue weighted by molar-refractivity contribution is -0.714. The molecule has 9 heteroatoms. The highest BCUT2D eigenvalue weighted by Gasteiger charge is 2.39. The van der Waals surface area contributed by atoms with Crippen molar-refractivity contribution in [2.24, 2.45) is 11.2 Å². The molecule has 1 atom stereocenters. The molecule has 0 bridgehead atoms. The molecule has 2 aliphatic rings. The average Bonchev–Trinajstić information content (AvgIpc) is 2.90. The number of nitrogens with zero attached hydrogens (tertiary/aromatic N) is 4. The van der Waals surface area contributed by atoms with Crippen LogP contribution in [0.25, 0.3) is 0 Å². The minimum Gasteiger partial charge on any atom is -0.569 e. The van der Waals surface area contributed by atoms with Gasteiger partial charge in [-0.05, 0) is 37.8 Å². The van der Waals surface area contributed by atoms with Gasteiger partial charge in [0.2, 0.25) is 11.5 Å². The van der Waals surface area contributed by atoms with Gasteiger partial charge >= 0.3 is 0 Å². The fourth-order valence-electron chi connectivity index (χ4n) is 3.02. The third-order valence-corrected chi connectivity index (χ3v) is 4.55. The SMILES string of the molecule is CC(ON=[N+]([O-])N1CCC(CO)CC1)N1C(=O)c2ccccc2C1=O. The van der Waals surface area contributed by atoms with Crippen LogP contribution in [0.3, 0.4) is 0 Å². The number of imide groups is 1. The molecule has 1 saturated heterocycles. The number of piperidine rings is 1. The predicted molar refractivity (Wildman–Crippen MR) is 84.9 cm³/mol. The van der Waals surface area contributed by atoms with E-state index in [9.17, 15) is 14.8 Å². The summed E-state index contributed by atoms with van der Waals surface area (Å²) in [5.74, 6) is -0.739. The maximum atomic E-state index is 12.3. The molecule has 2 amide bonds. The van der Waals surface area contributed by atoms with Crippen molar-refractivity contribution in [2.45, 2.75) is 26.0 Å². The number of aliphatic hydroxyl groups excluding tert-OH is 1. The fraction of sp³-hybridized carbons (Fsp3) is 0.500. The number of benzene rings is 1. The molecule has 1 aromatic carbocycles. The molecule has 0 radical (unpaired) electrons. The second-order valence-electron chi connectivity index (χ2n) is 6.14. The largest absolute Gasteiger partial charge is 0.569 e. The molecule has 134 valence electrons. The van der Waals surface area contributed by atoms with Crippen molar-refractivity contribution in [2.75, 3.05) is 19.7 Å². The van der Waals surface area contributed by atoms with E-state index >= 15 is 0 Å². The van der Waals surface area contributed by atoms with Crippen LogP contribution < -0.4 is 0 Å². The van der Waals surface area contributed by atoms with Crippen LogP contribution in [0.15, 0.2) is 29.5 Å². The number of carbonyl (C=O) groups excluding carboxylic acids is 2. The van der Waals surface area contributed by atoms with Gasteiger partial charge in [-0.1, -0.05) is 12.1 Å². The van der Waals surface area contributed by atoms with E-state index in [1.165, 1.54) is 11.9 Å². The summed E-state index contributed by atoms with van der Waals surface area (Å²) in [6.45, 7) is 2.51. The van der Waals surface area contributed by atoms with E-state index in [4.69, 9.17) is 9.94 Å². The van der Waals surface area contributed by atoms with Crippen LogP contribution in [-0.2, 0) is 4.84 Å². The molecule has 1 fully saturated rings. The Morgan fingerprint density at radius 2 is 1.84 bits per heavy atom. The Hall–Kier alpha value is -2.68. The van der Waals surface area contributed by atoms with E-state index in [1.54, 1.807) is 24.3 Å². The van der Waals surface area contributed by atoms with Gasteiger partial charge in [0.1, 0.15) is 0 Å². The van der Waals surface area contributed by atoms with Gasteiger partial charge in [-0.2, -0.15) is 0 Å². The third kappa shape index (κ3) is 3.27. The Labute approximate surface area is 144 Å². The number of hydrogen-bond donors (Lipinski definition) is 1. The smallest absolute Gasteiger partial charge is 0.264 e. The summed E-state index contributed by atoms with van der Waals surface area (Å²) in [4.78, 5) is 31.0. The topological polar surface area (TPSA) is 109 Å². The van der Waals surface area contributed by atoms with E-state index in [-0.39, 0.29) is 12.5 Å². The Balaban J connectivity index is 1.62. The molecule has 2 aliphatic heterocycles. The predicted octanol–water partition coefficient (Wildman–Crippen LogP) is 1.14. The first kappa shape index (κ1) is 17.2. The molecule has 0 spiro atoms. The number of aliphatic hydroxyl groups is 1. The van der Waals surface area contributed by atoms with Crippen molar-refractivity contribution < 1.29 is 24.5 Å². The molecule has 1 aromatic rings. The van der Waals surface area contributed by atoms with Crippen LogP contribution >= 0.6 is 0 Å². The van der Waals surface area contributed by atoms with Gasteiger partial charge in [-0.15, -0.1) is 5.01 Å². The number of carbonyl (C=O) groups is 2. The Kier molecular flexibility index (Phi) is 4.84. The van der Waals surface area contributed by atoms with Crippen molar-refractivity contribution in [3.8, 4) is 0 Å². The Bertz CT molecular complexity index is 665. The van der Waals surface area contributed by atoms with E-state index in [0.717, 1.165) is 4.90 Å². The molecule has 2 heterocycles. The van der Waals surface area contributed by atoms with Gasteiger partial charge in [-0.3, -0.25) is 9.59 Å². The van der Waals surface area contributed by atoms with Gasteiger partial charge < -0.3 is 15.2 Å². The second-order valence-corrected chi connectivity index (χ2v) is 6.14. The van der Waals surface area contributed by atoms with Crippen molar-refractivity contribution in [1.29, 1.82) is 0 Å². The summed E-state index contributed by atoms with van der Waals surface area (Å²) >= 11 is 0. The number of hydrazine groups is 1. The zero-order chi connectivity index (χ0) is 18.0. The Morgan fingerprint density at radius 1 is 1.28 bits per heavy atom. The zero-order valence-corrected chi connectivity index (χ0v) is 13.9. The lowest BCUT2D eigenvalue weighted by Crippen LogP contribution is -2.41. The van der Waals surface area contributed by atoms with Crippen molar-refractivity contribution in [3.05, 3.63) is 40.6 Å². The van der Waals surface area contributed by atoms with Crippen molar-refractivity contribution in [1.82, 2.24) is 9.91 Å². The van der Waals surface area contributed by atoms with E-state index < -0.39 is 18.0 Å². The molecular weight excluding hydrogens is 328 g/mol. The summed E-state index contributed by atoms with van der Waals surface area (Å²) in [5.41, 5.74) is 0.626. The minimum atomic E-state index is -1.00. The van der Waals surface area contributed by atoms with Crippen molar-refractivity contribution >= 4 is 11.8 Å². The fourth-order valence-corrected chi connectivity index (χ4v) is 3.02. The first-order chi connectivity index (χ1) is 12.0. The first-order valence-corrected chi connectivity index (χ1v) is 8.19. The van der Waals surface area contributed by atoms with Crippen LogP contribution in [0, 0.1) is 11.1 Å². The lowest BCUT2D eigenvalue weighted by Gasteiger charge is -2.27. The van der Waals surface area contributed by atoms with Crippen LogP contribution in [0.1, 0.15) is 40.5 Å². The highest BCUT2D eigenvalue weighted by molar-refractivity contribution is 6.21. The van der Waals surface area contributed by atoms with Gasteiger partial charge in [-0.25, -0.2) is 4.90 Å². The van der Waals surface area contributed by atoms with Gasteiger partial charge in [0.15, 0.2) is 0 Å². The summed E-state index contributed by atoms with van der Waals surface area (Å²) in [6, 6.07) is 6.51. The Morgan fingerprint density at radius 3 is 2.36 bits per heavy atom. The van der Waals surface area contributed by atoms with Gasteiger partial charge in [0.05, 0.1) is 29.2 Å². The van der Waals surface area contributed by atoms with Crippen LogP contribution in [-0.4, -0.2) is 57.7 Å². The standard InChI is InChI=1S/C16H20N4O5/c1-11(19-15(22)13-4-2-3-5-14(13)16(19)23)25-17-20(24)18-8-6-12(10-21)7-9-18/h2-5,11-12,21H,6-10H2,1H3. The summed E-state index contributed by atoms with van der Waals surface area (Å²) in [7, 11) is 0. The molecular formula is C16H20N4O5. The lowest BCUT2D eigenvalue weighted by atomic mass is 9.99. The molecule has 1 N–H and O–H groups in total. The molecule has 9 nitrogen and oxygen atoms in total. The molecule has 1 unspecified atom stereocenters. The molecule has 3 rings (SSSR count). The highest BCUT2D eigenvalue weighted by atomic mass is 16.7. The molecule has 0 aliphatic carbocycles. The quantitative estimate of drug-likeness (QED) is 0.370. The second kappa shape index (κ2) is 7.06. The molecule has 0 aromatic heterocycles. The van der Waals surface area contributed by atoms with Gasteiger partial charge in [0.25, 0.3) is 11.8 Å². The first-order valence-electron chi connectivity index (χ1n) is 8.19. The maximum Gasteiger partial charge on any atom is 0.264 e. The van der Waals surface area contributed by atoms with Crippen LogP contribution in [0.5, 0.6) is 0 Å². The normalized spacial score (nSPS) is 20.0. The number of fused-ring (bicyclic) bond motifs is 1. The molecule has 0 saturated carbocycles. The van der Waals surface area contributed by atoms with E-state index in [1.807, 2.05) is 0 Å². The van der Waals surface area contributed by atoms with Crippen LogP contribution in [0.4, 0.5) is 0 Å². The van der Waals surface area contributed by atoms with Crippen LogP contribution in [0.2, 0.25) is 0 Å². The highest BCUT2D eigenvalue weighted by Crippen LogP contribution is 2.25. The summed E-state index contributed by atoms with van der Waals surface area (Å²) < 4.78 is 0. The summed E-state index contributed by atoms with van der Waals surface area (Å²) in [5, 5.41) is 26.0. The van der Waals surface area contributed by atoms with Crippen molar-refractivity contribution in [3.63, 3.8) is 0 Å². The summed E-state index contributed by atoms with van der Waals surface area (Å²) in [6.07, 6.45) is 0.385. The number of rotatable bonds is 5. The number of hydrogen-bond acceptors (Lipinski definition) is 6. The van der Waals surface area contributed by atoms with E-state index in [2.05, 4.69) is 5.28 Å². The monoisotopic (exact) mass is 348 g/mol. The maximum absolute atomic E-state index is 12.3. The minimum absolute atomic E-state index is 0.108. The average molecular weight is 348 g/mol. The van der Waals surface area contributed by atoms with Gasteiger partial charge in [0, 0.05) is 6.61 Å². The zero-order valence-electron chi connectivity index (χ0n) is 13.9. The number of amides is 2. The third-order valence-electron chi connectivity index (χ3n) is 4.55.